The Morgan fingerprint density at radius 1 is 1.25 bits per heavy atom. The number of ether oxygens (including phenoxy) is 2. The van der Waals surface area contributed by atoms with E-state index in [-0.39, 0.29) is 24.7 Å². The van der Waals surface area contributed by atoms with Gasteiger partial charge in [0, 0.05) is 23.6 Å². The van der Waals surface area contributed by atoms with Crippen LogP contribution in [0.3, 0.4) is 0 Å². The highest BCUT2D eigenvalue weighted by Gasteiger charge is 2.32. The van der Waals surface area contributed by atoms with Gasteiger partial charge >= 0.3 is 6.09 Å². The number of cyclic esters (lactones) is 1. The Morgan fingerprint density at radius 3 is 2.54 bits per heavy atom. The molecule has 24 heavy (non-hydrogen) atoms. The lowest BCUT2D eigenvalue weighted by Crippen LogP contribution is -2.41. The maximum absolute atomic E-state index is 12.0. The summed E-state index contributed by atoms with van der Waals surface area (Å²) in [6, 6.07) is 7.33. The number of nitrogens with one attached hydrogen (secondary N) is 1. The van der Waals surface area contributed by atoms with Gasteiger partial charge in [-0.15, -0.1) is 0 Å². The largest absolute Gasteiger partial charge is 0.442 e. The van der Waals surface area contributed by atoms with Crippen molar-refractivity contribution in [3.63, 3.8) is 0 Å². The van der Waals surface area contributed by atoms with Crippen molar-refractivity contribution in [1.82, 2.24) is 5.32 Å². The van der Waals surface area contributed by atoms with E-state index < -0.39 is 0 Å². The van der Waals surface area contributed by atoms with Crippen LogP contribution in [0.4, 0.5) is 16.2 Å². The normalized spacial score (nSPS) is 21.0. The molecular weight excluding hydrogens is 310 g/mol. The molecule has 0 aromatic heterocycles. The summed E-state index contributed by atoms with van der Waals surface area (Å²) in [5.74, 6) is -0.0551. The molecule has 2 aliphatic heterocycles. The number of benzene rings is 1. The molecule has 1 atom stereocenters. The Labute approximate surface area is 140 Å². The third kappa shape index (κ3) is 3.51. The number of morpholine rings is 1. The number of rotatable bonds is 5. The molecule has 2 heterocycles. The average Bonchev–Trinajstić information content (AvgIpc) is 2.94. The molecule has 2 aliphatic rings. The molecule has 0 saturated carbocycles. The zero-order chi connectivity index (χ0) is 17.1. The first-order valence-electron chi connectivity index (χ1n) is 7.90. The molecule has 128 valence electrons. The molecule has 0 unspecified atom stereocenters. The second-order valence-corrected chi connectivity index (χ2v) is 5.89. The van der Waals surface area contributed by atoms with Crippen LogP contribution in [0, 0.1) is 0 Å². The van der Waals surface area contributed by atoms with Crippen molar-refractivity contribution in [3.8, 4) is 0 Å². The fourth-order valence-electron chi connectivity index (χ4n) is 2.73. The molecule has 1 N–H and O–H groups in total. The highest BCUT2D eigenvalue weighted by molar-refractivity contribution is 5.95. The summed E-state index contributed by atoms with van der Waals surface area (Å²) in [7, 11) is 0. The Morgan fingerprint density at radius 2 is 1.92 bits per heavy atom. The van der Waals surface area contributed by atoms with Crippen molar-refractivity contribution < 1.29 is 19.1 Å². The molecular formula is C17H21N3O4. The summed E-state index contributed by atoms with van der Waals surface area (Å²) in [5.41, 5.74) is 2.39. The van der Waals surface area contributed by atoms with E-state index in [1.54, 1.807) is 9.80 Å². The van der Waals surface area contributed by atoms with Crippen molar-refractivity contribution >= 4 is 23.4 Å². The molecule has 0 aliphatic carbocycles. The SMILES string of the molecule is C=C(C)NC[C@H]1CN(c2ccc(N3CCOCC3=O)cc2)C(=O)O1. The van der Waals surface area contributed by atoms with E-state index in [2.05, 4.69) is 11.9 Å². The van der Waals surface area contributed by atoms with Crippen molar-refractivity contribution in [3.05, 3.63) is 36.5 Å². The van der Waals surface area contributed by atoms with Crippen LogP contribution >= 0.6 is 0 Å². The number of nitrogens with zero attached hydrogens (tertiary/aromatic N) is 2. The highest BCUT2D eigenvalue weighted by Crippen LogP contribution is 2.25. The van der Waals surface area contributed by atoms with E-state index in [0.29, 0.717) is 26.2 Å². The van der Waals surface area contributed by atoms with Crippen LogP contribution in [0.25, 0.3) is 0 Å². The molecule has 2 amide bonds. The first-order chi connectivity index (χ1) is 11.5. The topological polar surface area (TPSA) is 71.1 Å². The minimum absolute atomic E-state index is 0.0551. The molecule has 1 aromatic rings. The minimum atomic E-state index is -0.362. The van der Waals surface area contributed by atoms with Crippen molar-refractivity contribution in [2.75, 3.05) is 42.6 Å². The summed E-state index contributed by atoms with van der Waals surface area (Å²) in [6.07, 6.45) is -0.576. The minimum Gasteiger partial charge on any atom is -0.442 e. The Bertz CT molecular complexity index is 644. The maximum atomic E-state index is 12.0. The van der Waals surface area contributed by atoms with Gasteiger partial charge in [-0.1, -0.05) is 6.58 Å². The monoisotopic (exact) mass is 331 g/mol. The van der Waals surface area contributed by atoms with Crippen LogP contribution in [-0.2, 0) is 14.3 Å². The highest BCUT2D eigenvalue weighted by atomic mass is 16.6. The molecule has 2 fully saturated rings. The van der Waals surface area contributed by atoms with Gasteiger partial charge < -0.3 is 19.7 Å². The van der Waals surface area contributed by atoms with Gasteiger partial charge in [0.25, 0.3) is 5.91 Å². The fraction of sp³-hybridized carbons (Fsp3) is 0.412. The molecule has 3 rings (SSSR count). The lowest BCUT2D eigenvalue weighted by Gasteiger charge is -2.27. The van der Waals surface area contributed by atoms with Crippen LogP contribution in [0.15, 0.2) is 36.5 Å². The number of carbonyl (C=O) groups is 2. The Hall–Kier alpha value is -2.54. The molecule has 0 spiro atoms. The van der Waals surface area contributed by atoms with E-state index in [9.17, 15) is 9.59 Å². The van der Waals surface area contributed by atoms with Gasteiger partial charge in [-0.2, -0.15) is 0 Å². The van der Waals surface area contributed by atoms with E-state index in [1.807, 2.05) is 31.2 Å². The number of anilines is 2. The summed E-state index contributed by atoms with van der Waals surface area (Å²) in [5, 5.41) is 3.08. The summed E-state index contributed by atoms with van der Waals surface area (Å²) in [6.45, 7) is 7.83. The lowest BCUT2D eigenvalue weighted by molar-refractivity contribution is -0.125. The summed E-state index contributed by atoms with van der Waals surface area (Å²) >= 11 is 0. The lowest BCUT2D eigenvalue weighted by atomic mass is 10.2. The van der Waals surface area contributed by atoms with Crippen molar-refractivity contribution in [1.29, 1.82) is 0 Å². The first kappa shape index (κ1) is 16.3. The number of hydrogen-bond donors (Lipinski definition) is 1. The average molecular weight is 331 g/mol. The van der Waals surface area contributed by atoms with Crippen LogP contribution in [0.2, 0.25) is 0 Å². The number of allylic oxidation sites excluding steroid dienone is 1. The molecule has 7 heteroatoms. The standard InChI is InChI=1S/C17H21N3O4/c1-12(2)18-9-15-10-20(17(22)24-15)14-5-3-13(4-6-14)19-7-8-23-11-16(19)21/h3-6,15,18H,1,7-11H2,2H3/t15-/m0/s1. The van der Waals surface area contributed by atoms with Gasteiger partial charge in [-0.05, 0) is 31.2 Å². The summed E-state index contributed by atoms with van der Waals surface area (Å²) in [4.78, 5) is 27.2. The summed E-state index contributed by atoms with van der Waals surface area (Å²) < 4.78 is 10.5. The van der Waals surface area contributed by atoms with Gasteiger partial charge in [0.05, 0.1) is 19.7 Å². The van der Waals surface area contributed by atoms with Crippen molar-refractivity contribution in [2.45, 2.75) is 13.0 Å². The van der Waals surface area contributed by atoms with Crippen LogP contribution in [0.5, 0.6) is 0 Å². The molecule has 0 bridgehead atoms. The first-order valence-corrected chi connectivity index (χ1v) is 7.90. The molecule has 2 saturated heterocycles. The van der Waals surface area contributed by atoms with Gasteiger partial charge in [0.1, 0.15) is 12.7 Å². The van der Waals surface area contributed by atoms with Gasteiger partial charge in [-0.25, -0.2) is 4.79 Å². The maximum Gasteiger partial charge on any atom is 0.414 e. The Kier molecular flexibility index (Phi) is 4.71. The van der Waals surface area contributed by atoms with E-state index >= 15 is 0 Å². The Balaban J connectivity index is 1.66. The number of carbonyl (C=O) groups excluding carboxylic acids is 2. The molecule has 0 radical (unpaired) electrons. The molecule has 7 nitrogen and oxygen atoms in total. The number of amides is 2. The predicted octanol–water partition coefficient (Wildman–Crippen LogP) is 1.50. The predicted molar refractivity (Wildman–Crippen MR) is 90.0 cm³/mol. The number of hydrogen-bond acceptors (Lipinski definition) is 5. The molecule has 1 aromatic carbocycles. The fourth-order valence-corrected chi connectivity index (χ4v) is 2.73. The van der Waals surface area contributed by atoms with Gasteiger partial charge in [-0.3, -0.25) is 9.69 Å². The van der Waals surface area contributed by atoms with Crippen molar-refractivity contribution in [2.24, 2.45) is 0 Å². The van der Waals surface area contributed by atoms with E-state index in [4.69, 9.17) is 9.47 Å². The van der Waals surface area contributed by atoms with Crippen LogP contribution in [0.1, 0.15) is 6.92 Å². The van der Waals surface area contributed by atoms with Crippen LogP contribution < -0.4 is 15.1 Å². The third-order valence-electron chi connectivity index (χ3n) is 3.96. The second kappa shape index (κ2) is 6.92. The third-order valence-corrected chi connectivity index (χ3v) is 3.96. The zero-order valence-corrected chi connectivity index (χ0v) is 13.7. The quantitative estimate of drug-likeness (QED) is 0.885. The zero-order valence-electron chi connectivity index (χ0n) is 13.7. The smallest absolute Gasteiger partial charge is 0.414 e. The van der Waals surface area contributed by atoms with Gasteiger partial charge in [0.2, 0.25) is 0 Å². The van der Waals surface area contributed by atoms with Crippen LogP contribution in [-0.4, -0.2) is 51.0 Å². The van der Waals surface area contributed by atoms with E-state index in [1.165, 1.54) is 0 Å². The van der Waals surface area contributed by atoms with E-state index in [0.717, 1.165) is 17.1 Å². The van der Waals surface area contributed by atoms with Gasteiger partial charge in [0.15, 0.2) is 0 Å². The second-order valence-electron chi connectivity index (χ2n) is 5.89.